The van der Waals surface area contributed by atoms with Crippen LogP contribution in [-0.2, 0) is 6.54 Å². The zero-order chi connectivity index (χ0) is 14.7. The van der Waals surface area contributed by atoms with Crippen molar-refractivity contribution in [3.63, 3.8) is 0 Å². The lowest BCUT2D eigenvalue weighted by Crippen LogP contribution is -2.12. The largest absolute Gasteiger partial charge is 0.478 e. The normalized spacial score (nSPS) is 10.3. The highest BCUT2D eigenvalue weighted by Gasteiger charge is 2.17. The predicted octanol–water partition coefficient (Wildman–Crippen LogP) is 2.54. The molecule has 6 heteroatoms. The quantitative estimate of drug-likeness (QED) is 0.896. The molecule has 0 aliphatic heterocycles. The molecule has 0 saturated carbocycles. The minimum absolute atomic E-state index is 0.0916. The number of hydrogen-bond donors (Lipinski definition) is 2. The number of nitrogens with zero attached hydrogens (tertiary/aromatic N) is 2. The fourth-order valence-corrected chi connectivity index (χ4v) is 1.83. The lowest BCUT2D eigenvalue weighted by molar-refractivity contribution is 0.0696. The van der Waals surface area contributed by atoms with Gasteiger partial charge in [0.05, 0.1) is 5.69 Å². The number of aryl methyl sites for hydroxylation is 1. The van der Waals surface area contributed by atoms with Gasteiger partial charge in [0, 0.05) is 6.54 Å². The summed E-state index contributed by atoms with van der Waals surface area (Å²) >= 11 is 0. The molecule has 1 aromatic carbocycles. The zero-order valence-corrected chi connectivity index (χ0v) is 11.1. The lowest BCUT2D eigenvalue weighted by Gasteiger charge is -2.11. The fourth-order valence-electron chi connectivity index (χ4n) is 1.83. The number of nitrogens with one attached hydrogen (secondary N) is 1. The molecule has 0 aliphatic rings. The number of carboxylic acids is 1. The Morgan fingerprint density at radius 1 is 1.35 bits per heavy atom. The first-order valence-electron chi connectivity index (χ1n) is 6.04. The van der Waals surface area contributed by atoms with E-state index in [1.54, 1.807) is 26.0 Å². The van der Waals surface area contributed by atoms with Crippen molar-refractivity contribution in [1.29, 1.82) is 0 Å². The predicted molar refractivity (Wildman–Crippen MR) is 72.2 cm³/mol. The van der Waals surface area contributed by atoms with Crippen molar-refractivity contribution in [2.75, 3.05) is 5.32 Å². The monoisotopic (exact) mass is 275 g/mol. The summed E-state index contributed by atoms with van der Waals surface area (Å²) in [5.41, 5.74) is 1.92. The molecule has 1 aromatic heterocycles. The standard InChI is InChI=1S/C14H14FN3O2/c1-8-9(2)17-18-13(12(8)14(19)20)16-7-10-4-3-5-11(15)6-10/h3-6H,7H2,1-2H3,(H,16,18)(H,19,20). The molecule has 104 valence electrons. The van der Waals surface area contributed by atoms with E-state index in [4.69, 9.17) is 0 Å². The highest BCUT2D eigenvalue weighted by molar-refractivity contribution is 5.94. The number of hydrogen-bond acceptors (Lipinski definition) is 4. The molecule has 0 aliphatic carbocycles. The number of halogens is 1. The van der Waals surface area contributed by atoms with Crippen molar-refractivity contribution < 1.29 is 14.3 Å². The van der Waals surface area contributed by atoms with Crippen LogP contribution in [0.15, 0.2) is 24.3 Å². The molecule has 2 N–H and O–H groups in total. The van der Waals surface area contributed by atoms with E-state index in [-0.39, 0.29) is 23.7 Å². The Bertz CT molecular complexity index is 659. The van der Waals surface area contributed by atoms with Crippen molar-refractivity contribution in [1.82, 2.24) is 10.2 Å². The summed E-state index contributed by atoms with van der Waals surface area (Å²) in [6, 6.07) is 6.06. The van der Waals surface area contributed by atoms with Gasteiger partial charge in [-0.05, 0) is 37.1 Å². The maximum atomic E-state index is 13.1. The van der Waals surface area contributed by atoms with Gasteiger partial charge in [0.25, 0.3) is 0 Å². The number of aromatic nitrogens is 2. The van der Waals surface area contributed by atoms with Gasteiger partial charge < -0.3 is 10.4 Å². The molecular weight excluding hydrogens is 261 g/mol. The minimum atomic E-state index is -1.07. The van der Waals surface area contributed by atoms with Crippen LogP contribution in [0.3, 0.4) is 0 Å². The third kappa shape index (κ3) is 2.90. The lowest BCUT2D eigenvalue weighted by atomic mass is 10.1. The topological polar surface area (TPSA) is 75.1 Å². The van der Waals surface area contributed by atoms with E-state index < -0.39 is 5.97 Å². The van der Waals surface area contributed by atoms with Crippen molar-refractivity contribution in [3.05, 3.63) is 52.5 Å². The Labute approximate surface area is 115 Å². The van der Waals surface area contributed by atoms with Gasteiger partial charge in [-0.2, -0.15) is 5.10 Å². The molecule has 0 amide bonds. The van der Waals surface area contributed by atoms with E-state index in [0.29, 0.717) is 16.8 Å². The molecular formula is C14H14FN3O2. The summed E-state index contributed by atoms with van der Waals surface area (Å²) in [5, 5.41) is 19.9. The summed E-state index contributed by atoms with van der Waals surface area (Å²) in [7, 11) is 0. The number of aromatic carboxylic acids is 1. The summed E-state index contributed by atoms with van der Waals surface area (Å²) in [5.74, 6) is -1.22. The first kappa shape index (κ1) is 13.9. The number of benzene rings is 1. The van der Waals surface area contributed by atoms with Crippen LogP contribution in [0.4, 0.5) is 10.2 Å². The van der Waals surface area contributed by atoms with Crippen LogP contribution in [0.5, 0.6) is 0 Å². The van der Waals surface area contributed by atoms with E-state index in [2.05, 4.69) is 15.5 Å². The summed E-state index contributed by atoms with van der Waals surface area (Å²) in [4.78, 5) is 11.3. The zero-order valence-electron chi connectivity index (χ0n) is 11.1. The molecule has 0 saturated heterocycles. The van der Waals surface area contributed by atoms with Gasteiger partial charge in [-0.1, -0.05) is 12.1 Å². The molecule has 1 heterocycles. The Kier molecular flexibility index (Phi) is 3.93. The average Bonchev–Trinajstić information content (AvgIpc) is 2.39. The van der Waals surface area contributed by atoms with Crippen molar-refractivity contribution in [2.45, 2.75) is 20.4 Å². The third-order valence-corrected chi connectivity index (χ3v) is 3.02. The molecule has 0 bridgehead atoms. The minimum Gasteiger partial charge on any atom is -0.478 e. The van der Waals surface area contributed by atoms with Gasteiger partial charge in [0.15, 0.2) is 5.82 Å². The van der Waals surface area contributed by atoms with E-state index >= 15 is 0 Å². The Morgan fingerprint density at radius 2 is 2.10 bits per heavy atom. The molecule has 0 fully saturated rings. The number of anilines is 1. The van der Waals surface area contributed by atoms with Crippen LogP contribution >= 0.6 is 0 Å². The average molecular weight is 275 g/mol. The summed E-state index contributed by atoms with van der Waals surface area (Å²) in [6.07, 6.45) is 0. The second kappa shape index (κ2) is 5.64. The van der Waals surface area contributed by atoms with Crippen LogP contribution < -0.4 is 5.32 Å². The summed E-state index contributed by atoms with van der Waals surface area (Å²) in [6.45, 7) is 3.65. The SMILES string of the molecule is Cc1nnc(NCc2cccc(F)c2)c(C(=O)O)c1C. The molecule has 0 spiro atoms. The number of rotatable bonds is 4. The molecule has 20 heavy (non-hydrogen) atoms. The maximum Gasteiger partial charge on any atom is 0.339 e. The smallest absolute Gasteiger partial charge is 0.339 e. The van der Waals surface area contributed by atoms with Crippen LogP contribution in [0, 0.1) is 19.7 Å². The Balaban J connectivity index is 2.26. The molecule has 5 nitrogen and oxygen atoms in total. The van der Waals surface area contributed by atoms with Crippen molar-refractivity contribution in [2.24, 2.45) is 0 Å². The van der Waals surface area contributed by atoms with Gasteiger partial charge in [-0.15, -0.1) is 5.10 Å². The van der Waals surface area contributed by atoms with Gasteiger partial charge >= 0.3 is 5.97 Å². The van der Waals surface area contributed by atoms with E-state index in [0.717, 1.165) is 0 Å². The molecule has 0 unspecified atom stereocenters. The van der Waals surface area contributed by atoms with Gasteiger partial charge in [0.2, 0.25) is 0 Å². The highest BCUT2D eigenvalue weighted by atomic mass is 19.1. The Hall–Kier alpha value is -2.50. The molecule has 2 aromatic rings. The van der Waals surface area contributed by atoms with Crippen molar-refractivity contribution in [3.8, 4) is 0 Å². The highest BCUT2D eigenvalue weighted by Crippen LogP contribution is 2.19. The van der Waals surface area contributed by atoms with Crippen LogP contribution in [0.25, 0.3) is 0 Å². The first-order valence-corrected chi connectivity index (χ1v) is 6.04. The van der Waals surface area contributed by atoms with E-state index in [9.17, 15) is 14.3 Å². The second-order valence-electron chi connectivity index (χ2n) is 4.42. The van der Waals surface area contributed by atoms with Crippen LogP contribution in [-0.4, -0.2) is 21.3 Å². The van der Waals surface area contributed by atoms with Crippen LogP contribution in [0.1, 0.15) is 27.2 Å². The third-order valence-electron chi connectivity index (χ3n) is 3.02. The molecule has 0 radical (unpaired) electrons. The van der Waals surface area contributed by atoms with Crippen molar-refractivity contribution >= 4 is 11.8 Å². The first-order chi connectivity index (χ1) is 9.49. The number of carbonyl (C=O) groups is 1. The second-order valence-corrected chi connectivity index (χ2v) is 4.42. The van der Waals surface area contributed by atoms with Crippen LogP contribution in [0.2, 0.25) is 0 Å². The molecule has 2 rings (SSSR count). The van der Waals surface area contributed by atoms with Gasteiger partial charge in [-0.3, -0.25) is 0 Å². The van der Waals surface area contributed by atoms with E-state index in [1.807, 2.05) is 0 Å². The number of carboxylic acid groups (broad SMARTS) is 1. The Morgan fingerprint density at radius 3 is 2.75 bits per heavy atom. The summed E-state index contributed by atoms with van der Waals surface area (Å²) < 4.78 is 13.1. The van der Waals surface area contributed by atoms with Gasteiger partial charge in [-0.25, -0.2) is 9.18 Å². The van der Waals surface area contributed by atoms with E-state index in [1.165, 1.54) is 12.1 Å². The van der Waals surface area contributed by atoms with Gasteiger partial charge in [0.1, 0.15) is 11.4 Å². The molecule has 0 atom stereocenters. The fraction of sp³-hybridized carbons (Fsp3) is 0.214. The maximum absolute atomic E-state index is 13.1.